The highest BCUT2D eigenvalue weighted by atomic mass is 16.7. The molecule has 1 atom stereocenters. The Labute approximate surface area is 104 Å². The first-order valence-corrected chi connectivity index (χ1v) is 5.54. The van der Waals surface area contributed by atoms with Crippen molar-refractivity contribution >= 4 is 18.0 Å². The zero-order chi connectivity index (χ0) is 13.5. The maximum Gasteiger partial charge on any atom is 0.342 e. The highest BCUT2D eigenvalue weighted by Gasteiger charge is 2.33. The normalized spacial score (nSPS) is 19.2. The molecule has 1 heterocycles. The predicted molar refractivity (Wildman–Crippen MR) is 58.5 cm³/mol. The molecule has 2 N–H and O–H groups in total. The van der Waals surface area contributed by atoms with Gasteiger partial charge in [0.15, 0.2) is 6.61 Å². The van der Waals surface area contributed by atoms with Gasteiger partial charge < -0.3 is 14.7 Å². The second-order valence-corrected chi connectivity index (χ2v) is 3.82. The van der Waals surface area contributed by atoms with Crippen LogP contribution in [0.4, 0.5) is 4.79 Å². The van der Waals surface area contributed by atoms with E-state index in [2.05, 4.69) is 9.57 Å². The molecule has 1 rings (SSSR count). The summed E-state index contributed by atoms with van der Waals surface area (Å²) in [6.07, 6.45) is 2.14. The standard InChI is InChI=1S/C10H16N2O6/c1-17-9(15)7-4-2-3-5-12(7)10(16)11-18-6-8(13)14/h7H,2-6H2,1H3,(H,11,16)(H,13,14). The molecule has 0 aromatic heterocycles. The van der Waals surface area contributed by atoms with Crippen LogP contribution < -0.4 is 5.48 Å². The van der Waals surface area contributed by atoms with E-state index in [0.29, 0.717) is 13.0 Å². The number of hydrogen-bond acceptors (Lipinski definition) is 5. The lowest BCUT2D eigenvalue weighted by molar-refractivity contribution is -0.148. The van der Waals surface area contributed by atoms with E-state index in [1.54, 1.807) is 0 Å². The third-order valence-corrected chi connectivity index (χ3v) is 2.59. The topological polar surface area (TPSA) is 105 Å². The first kappa shape index (κ1) is 14.2. The number of aliphatic carboxylic acids is 1. The maximum absolute atomic E-state index is 11.7. The van der Waals surface area contributed by atoms with Gasteiger partial charge in [0.05, 0.1) is 7.11 Å². The molecule has 0 aliphatic carbocycles. The molecule has 1 unspecified atom stereocenters. The number of hydrogen-bond donors (Lipinski definition) is 2. The van der Waals surface area contributed by atoms with Crippen LogP contribution in [-0.4, -0.2) is 54.3 Å². The number of hydroxylamine groups is 1. The Morgan fingerprint density at radius 3 is 2.72 bits per heavy atom. The molecule has 0 aromatic rings. The molecule has 0 aromatic carbocycles. The van der Waals surface area contributed by atoms with Crippen molar-refractivity contribution in [1.29, 1.82) is 0 Å². The van der Waals surface area contributed by atoms with Crippen molar-refractivity contribution in [3.63, 3.8) is 0 Å². The summed E-state index contributed by atoms with van der Waals surface area (Å²) < 4.78 is 4.62. The Hall–Kier alpha value is -1.83. The quantitative estimate of drug-likeness (QED) is 0.533. The van der Waals surface area contributed by atoms with Gasteiger partial charge in [-0.3, -0.25) is 4.84 Å². The third kappa shape index (κ3) is 3.88. The zero-order valence-corrected chi connectivity index (χ0v) is 10.0. The molecule has 1 aliphatic heterocycles. The minimum Gasteiger partial charge on any atom is -0.479 e. The summed E-state index contributed by atoms with van der Waals surface area (Å²) in [7, 11) is 1.26. The first-order chi connectivity index (χ1) is 8.56. The largest absolute Gasteiger partial charge is 0.479 e. The van der Waals surface area contributed by atoms with Gasteiger partial charge in [0.2, 0.25) is 0 Å². The number of amides is 2. The second kappa shape index (κ2) is 6.80. The van der Waals surface area contributed by atoms with Crippen molar-refractivity contribution in [2.45, 2.75) is 25.3 Å². The molecule has 8 nitrogen and oxygen atoms in total. The minimum absolute atomic E-state index is 0.405. The molecule has 102 valence electrons. The van der Waals surface area contributed by atoms with Gasteiger partial charge in [-0.15, -0.1) is 0 Å². The van der Waals surface area contributed by atoms with Gasteiger partial charge in [0.1, 0.15) is 6.04 Å². The molecule has 2 amide bonds. The Morgan fingerprint density at radius 2 is 2.11 bits per heavy atom. The molecule has 1 aliphatic rings. The van der Waals surface area contributed by atoms with E-state index in [4.69, 9.17) is 5.11 Å². The number of rotatable bonds is 4. The second-order valence-electron chi connectivity index (χ2n) is 3.82. The third-order valence-electron chi connectivity index (χ3n) is 2.59. The lowest BCUT2D eigenvalue weighted by atomic mass is 10.0. The summed E-state index contributed by atoms with van der Waals surface area (Å²) in [5, 5.41) is 8.35. The van der Waals surface area contributed by atoms with E-state index in [0.717, 1.165) is 12.8 Å². The molecular formula is C10H16N2O6. The van der Waals surface area contributed by atoms with E-state index in [-0.39, 0.29) is 0 Å². The number of methoxy groups -OCH3 is 1. The summed E-state index contributed by atoms with van der Waals surface area (Å²) >= 11 is 0. The number of carboxylic acids is 1. The van der Waals surface area contributed by atoms with Crippen LogP contribution in [0.3, 0.4) is 0 Å². The van der Waals surface area contributed by atoms with Gasteiger partial charge in [0.25, 0.3) is 0 Å². The van der Waals surface area contributed by atoms with E-state index < -0.39 is 30.6 Å². The summed E-state index contributed by atoms with van der Waals surface area (Å²) in [5.74, 6) is -1.68. The Bertz CT molecular complexity index is 332. The predicted octanol–water partition coefficient (Wildman–Crippen LogP) is -0.260. The van der Waals surface area contributed by atoms with Crippen LogP contribution in [0, 0.1) is 0 Å². The van der Waals surface area contributed by atoms with Gasteiger partial charge in [-0.05, 0) is 19.3 Å². The summed E-state index contributed by atoms with van der Waals surface area (Å²) in [4.78, 5) is 39.2. The fraction of sp³-hybridized carbons (Fsp3) is 0.700. The minimum atomic E-state index is -1.20. The number of carbonyl (C=O) groups excluding carboxylic acids is 2. The van der Waals surface area contributed by atoms with Gasteiger partial charge >= 0.3 is 18.0 Å². The van der Waals surface area contributed by atoms with E-state index in [9.17, 15) is 14.4 Å². The number of nitrogens with zero attached hydrogens (tertiary/aromatic N) is 1. The lowest BCUT2D eigenvalue weighted by Gasteiger charge is -2.33. The van der Waals surface area contributed by atoms with Crippen LogP contribution in [0.5, 0.6) is 0 Å². The van der Waals surface area contributed by atoms with Gasteiger partial charge in [-0.25, -0.2) is 19.9 Å². The SMILES string of the molecule is COC(=O)C1CCCCN1C(=O)NOCC(=O)O. The fourth-order valence-electron chi connectivity index (χ4n) is 1.77. The Morgan fingerprint density at radius 1 is 1.39 bits per heavy atom. The van der Waals surface area contributed by atoms with Crippen molar-refractivity contribution in [1.82, 2.24) is 10.4 Å². The first-order valence-electron chi connectivity index (χ1n) is 5.54. The number of likely N-dealkylation sites (tertiary alicyclic amines) is 1. The van der Waals surface area contributed by atoms with Crippen molar-refractivity contribution < 1.29 is 29.1 Å². The average molecular weight is 260 g/mol. The summed E-state index contributed by atoms with van der Waals surface area (Å²) in [6, 6.07) is -1.27. The van der Waals surface area contributed by atoms with Gasteiger partial charge in [-0.1, -0.05) is 0 Å². The molecule has 18 heavy (non-hydrogen) atoms. The van der Waals surface area contributed by atoms with Crippen molar-refractivity contribution in [2.75, 3.05) is 20.3 Å². The van der Waals surface area contributed by atoms with Crippen molar-refractivity contribution in [3.8, 4) is 0 Å². The number of piperidine rings is 1. The molecule has 0 saturated carbocycles. The van der Waals surface area contributed by atoms with E-state index in [1.165, 1.54) is 12.0 Å². The summed E-state index contributed by atoms with van der Waals surface area (Å²) in [5.41, 5.74) is 1.99. The lowest BCUT2D eigenvalue weighted by Crippen LogP contribution is -2.52. The maximum atomic E-state index is 11.7. The molecule has 0 spiro atoms. The molecule has 1 saturated heterocycles. The van der Waals surface area contributed by atoms with Crippen LogP contribution >= 0.6 is 0 Å². The van der Waals surface area contributed by atoms with Crippen molar-refractivity contribution in [3.05, 3.63) is 0 Å². The van der Waals surface area contributed by atoms with Crippen molar-refractivity contribution in [2.24, 2.45) is 0 Å². The van der Waals surface area contributed by atoms with E-state index in [1.807, 2.05) is 5.48 Å². The van der Waals surface area contributed by atoms with E-state index >= 15 is 0 Å². The number of ether oxygens (including phenoxy) is 1. The van der Waals surface area contributed by atoms with Crippen LogP contribution in [0.1, 0.15) is 19.3 Å². The number of esters is 1. The Kier molecular flexibility index (Phi) is 5.37. The molecule has 1 fully saturated rings. The van der Waals surface area contributed by atoms with Crippen LogP contribution in [0.2, 0.25) is 0 Å². The highest BCUT2D eigenvalue weighted by molar-refractivity contribution is 5.83. The number of urea groups is 1. The smallest absolute Gasteiger partial charge is 0.342 e. The zero-order valence-electron chi connectivity index (χ0n) is 10.0. The summed E-state index contributed by atoms with van der Waals surface area (Å²) in [6.45, 7) is -0.232. The highest BCUT2D eigenvalue weighted by Crippen LogP contribution is 2.18. The molecule has 8 heteroatoms. The van der Waals surface area contributed by atoms with Gasteiger partial charge in [0, 0.05) is 6.54 Å². The monoisotopic (exact) mass is 260 g/mol. The molecule has 0 radical (unpaired) electrons. The average Bonchev–Trinajstić information content (AvgIpc) is 2.37. The fourth-order valence-corrected chi connectivity index (χ4v) is 1.77. The number of nitrogens with one attached hydrogen (secondary N) is 1. The number of carboxylic acid groups (broad SMARTS) is 1. The molecular weight excluding hydrogens is 244 g/mol. The number of carbonyl (C=O) groups is 3. The Balaban J connectivity index is 2.52. The molecule has 0 bridgehead atoms. The van der Waals surface area contributed by atoms with Crippen LogP contribution in [0.25, 0.3) is 0 Å². The van der Waals surface area contributed by atoms with Gasteiger partial charge in [-0.2, -0.15) is 0 Å². The van der Waals surface area contributed by atoms with Crippen LogP contribution in [0.15, 0.2) is 0 Å². The van der Waals surface area contributed by atoms with Crippen LogP contribution in [-0.2, 0) is 19.2 Å².